The van der Waals surface area contributed by atoms with Gasteiger partial charge >= 0.3 is 0 Å². The van der Waals surface area contributed by atoms with Crippen LogP contribution >= 0.6 is 22.9 Å². The number of hydrazine groups is 1. The Hall–Kier alpha value is -1.63. The Morgan fingerprint density at radius 2 is 2.43 bits per heavy atom. The number of rotatable bonds is 2. The third kappa shape index (κ3) is 2.50. The van der Waals surface area contributed by atoms with Crippen molar-refractivity contribution in [3.8, 4) is 0 Å². The first-order valence-corrected chi connectivity index (χ1v) is 7.87. The summed E-state index contributed by atoms with van der Waals surface area (Å²) in [4.78, 5) is 20.0. The molecule has 0 aliphatic carbocycles. The van der Waals surface area contributed by atoms with Crippen molar-refractivity contribution < 1.29 is 4.79 Å². The van der Waals surface area contributed by atoms with Gasteiger partial charge in [0.2, 0.25) is 0 Å². The van der Waals surface area contributed by atoms with Crippen LogP contribution in [0.3, 0.4) is 0 Å². The summed E-state index contributed by atoms with van der Waals surface area (Å²) in [5.74, 6) is 5.59. The highest BCUT2D eigenvalue weighted by Crippen LogP contribution is 2.34. The van der Waals surface area contributed by atoms with Crippen LogP contribution in [-0.2, 0) is 6.42 Å². The van der Waals surface area contributed by atoms with Crippen LogP contribution in [0.5, 0.6) is 0 Å². The van der Waals surface area contributed by atoms with E-state index in [9.17, 15) is 4.79 Å². The number of thiophene rings is 1. The standard InChI is InChI=1S/C14H15ClN4OS/c1-8-10-3-5-21-12(10)2-4-19(8)14(20)9-6-11(15)13(18-16)17-7-9/h3,5-8H,2,4,16H2,1H3,(H,17,18). The number of nitrogens with one attached hydrogen (secondary N) is 1. The Labute approximate surface area is 131 Å². The van der Waals surface area contributed by atoms with Gasteiger partial charge in [0.1, 0.15) is 0 Å². The van der Waals surface area contributed by atoms with Crippen molar-refractivity contribution in [1.29, 1.82) is 0 Å². The van der Waals surface area contributed by atoms with Gasteiger partial charge in [0.25, 0.3) is 5.91 Å². The molecule has 1 amide bonds. The third-order valence-electron chi connectivity index (χ3n) is 3.76. The molecule has 2 aromatic heterocycles. The number of aromatic nitrogens is 1. The summed E-state index contributed by atoms with van der Waals surface area (Å²) in [5, 5.41) is 2.42. The molecule has 0 saturated carbocycles. The highest BCUT2D eigenvalue weighted by molar-refractivity contribution is 7.10. The summed E-state index contributed by atoms with van der Waals surface area (Å²) in [6.07, 6.45) is 2.39. The summed E-state index contributed by atoms with van der Waals surface area (Å²) in [6.45, 7) is 2.76. The van der Waals surface area contributed by atoms with Crippen molar-refractivity contribution in [1.82, 2.24) is 9.88 Å². The Bertz CT molecular complexity index is 687. The summed E-state index contributed by atoms with van der Waals surface area (Å²) in [7, 11) is 0. The molecule has 2 aromatic rings. The van der Waals surface area contributed by atoms with Crippen LogP contribution in [0, 0.1) is 0 Å². The summed E-state index contributed by atoms with van der Waals surface area (Å²) in [6, 6.07) is 3.76. The lowest BCUT2D eigenvalue weighted by Gasteiger charge is -2.33. The van der Waals surface area contributed by atoms with Gasteiger partial charge in [0, 0.05) is 17.6 Å². The zero-order chi connectivity index (χ0) is 15.0. The molecule has 1 aliphatic heterocycles. The number of amides is 1. The minimum Gasteiger partial charge on any atom is -0.331 e. The quantitative estimate of drug-likeness (QED) is 0.659. The number of carbonyl (C=O) groups is 1. The van der Waals surface area contributed by atoms with E-state index in [0.717, 1.165) is 6.42 Å². The first-order valence-electron chi connectivity index (χ1n) is 6.61. The Kier molecular flexibility index (Phi) is 3.84. The number of nitrogens with zero attached hydrogens (tertiary/aromatic N) is 2. The maximum absolute atomic E-state index is 12.7. The molecule has 1 atom stereocenters. The molecule has 1 aliphatic rings. The first-order chi connectivity index (χ1) is 10.1. The SMILES string of the molecule is CC1c2ccsc2CCN1C(=O)c1cnc(NN)c(Cl)c1. The van der Waals surface area contributed by atoms with Crippen molar-refractivity contribution in [2.45, 2.75) is 19.4 Å². The molecule has 3 heterocycles. The average molecular weight is 323 g/mol. The molecular formula is C14H15ClN4OS. The van der Waals surface area contributed by atoms with Gasteiger partial charge in [-0.15, -0.1) is 11.3 Å². The zero-order valence-corrected chi connectivity index (χ0v) is 13.0. The van der Waals surface area contributed by atoms with Gasteiger partial charge in [0.05, 0.1) is 16.6 Å². The van der Waals surface area contributed by atoms with E-state index < -0.39 is 0 Å². The van der Waals surface area contributed by atoms with Crippen LogP contribution in [-0.4, -0.2) is 22.3 Å². The minimum absolute atomic E-state index is 0.0580. The van der Waals surface area contributed by atoms with E-state index in [-0.39, 0.29) is 11.9 Å². The lowest BCUT2D eigenvalue weighted by Crippen LogP contribution is -2.38. The van der Waals surface area contributed by atoms with E-state index >= 15 is 0 Å². The summed E-state index contributed by atoms with van der Waals surface area (Å²) >= 11 is 7.79. The van der Waals surface area contributed by atoms with Crippen LogP contribution in [0.1, 0.15) is 33.8 Å². The highest BCUT2D eigenvalue weighted by atomic mass is 35.5. The average Bonchev–Trinajstić information content (AvgIpc) is 2.96. The second kappa shape index (κ2) is 5.63. The molecule has 3 N–H and O–H groups in total. The number of halogens is 1. The van der Waals surface area contributed by atoms with Gasteiger partial charge in [-0.05, 0) is 36.4 Å². The van der Waals surface area contributed by atoms with Gasteiger partial charge < -0.3 is 10.3 Å². The maximum Gasteiger partial charge on any atom is 0.255 e. The van der Waals surface area contributed by atoms with Crippen molar-refractivity contribution in [2.24, 2.45) is 5.84 Å². The molecule has 5 nitrogen and oxygen atoms in total. The minimum atomic E-state index is -0.0580. The van der Waals surface area contributed by atoms with Crippen LogP contribution in [0.25, 0.3) is 0 Å². The van der Waals surface area contributed by atoms with Crippen LogP contribution < -0.4 is 11.3 Å². The number of nitrogens with two attached hydrogens (primary N) is 1. The van der Waals surface area contributed by atoms with Gasteiger partial charge in [0.15, 0.2) is 5.82 Å². The fourth-order valence-corrected chi connectivity index (χ4v) is 3.80. The number of nitrogen functional groups attached to an aromatic ring is 1. The Morgan fingerprint density at radius 3 is 3.14 bits per heavy atom. The van der Waals surface area contributed by atoms with Gasteiger partial charge in [-0.3, -0.25) is 4.79 Å². The highest BCUT2D eigenvalue weighted by Gasteiger charge is 2.29. The van der Waals surface area contributed by atoms with Crippen molar-refractivity contribution in [3.05, 3.63) is 44.7 Å². The van der Waals surface area contributed by atoms with Crippen LogP contribution in [0.2, 0.25) is 5.02 Å². The molecule has 7 heteroatoms. The Morgan fingerprint density at radius 1 is 1.62 bits per heavy atom. The predicted octanol–water partition coefficient (Wildman–Crippen LogP) is 2.84. The molecule has 0 spiro atoms. The second-order valence-electron chi connectivity index (χ2n) is 4.92. The molecule has 110 valence electrons. The number of anilines is 1. The molecule has 0 radical (unpaired) electrons. The summed E-state index contributed by atoms with van der Waals surface area (Å²) in [5.41, 5.74) is 4.10. The van der Waals surface area contributed by atoms with Gasteiger partial charge in [-0.2, -0.15) is 0 Å². The van der Waals surface area contributed by atoms with Gasteiger partial charge in [-0.25, -0.2) is 10.8 Å². The van der Waals surface area contributed by atoms with E-state index in [0.29, 0.717) is 22.9 Å². The molecule has 0 bridgehead atoms. The van der Waals surface area contributed by atoms with E-state index in [1.165, 1.54) is 16.6 Å². The molecule has 0 saturated heterocycles. The topological polar surface area (TPSA) is 71.2 Å². The maximum atomic E-state index is 12.7. The molecule has 21 heavy (non-hydrogen) atoms. The van der Waals surface area contributed by atoms with Crippen molar-refractivity contribution in [3.63, 3.8) is 0 Å². The summed E-state index contributed by atoms with van der Waals surface area (Å²) < 4.78 is 0. The zero-order valence-electron chi connectivity index (χ0n) is 11.5. The fraction of sp³-hybridized carbons (Fsp3) is 0.286. The fourth-order valence-electron chi connectivity index (χ4n) is 2.61. The molecule has 3 rings (SSSR count). The lowest BCUT2D eigenvalue weighted by molar-refractivity contribution is 0.0679. The number of fused-ring (bicyclic) bond motifs is 1. The largest absolute Gasteiger partial charge is 0.331 e. The second-order valence-corrected chi connectivity index (χ2v) is 6.33. The van der Waals surface area contributed by atoms with Gasteiger partial charge in [-0.1, -0.05) is 11.6 Å². The van der Waals surface area contributed by atoms with Crippen molar-refractivity contribution >= 4 is 34.7 Å². The number of hydrogen-bond acceptors (Lipinski definition) is 5. The van der Waals surface area contributed by atoms with Crippen LogP contribution in [0.15, 0.2) is 23.7 Å². The van der Waals surface area contributed by atoms with E-state index in [4.69, 9.17) is 17.4 Å². The monoisotopic (exact) mass is 322 g/mol. The first kappa shape index (κ1) is 14.3. The number of hydrogen-bond donors (Lipinski definition) is 2. The van der Waals surface area contributed by atoms with E-state index in [1.54, 1.807) is 17.4 Å². The Balaban J connectivity index is 1.88. The molecular weight excluding hydrogens is 308 g/mol. The smallest absolute Gasteiger partial charge is 0.255 e. The molecule has 0 aromatic carbocycles. The van der Waals surface area contributed by atoms with Crippen molar-refractivity contribution in [2.75, 3.05) is 12.0 Å². The molecule has 1 unspecified atom stereocenters. The molecule has 0 fully saturated rings. The number of pyridine rings is 1. The third-order valence-corrected chi connectivity index (χ3v) is 5.05. The van der Waals surface area contributed by atoms with E-state index in [2.05, 4.69) is 21.9 Å². The number of carbonyl (C=O) groups excluding carboxylic acids is 1. The van der Waals surface area contributed by atoms with E-state index in [1.807, 2.05) is 11.8 Å². The van der Waals surface area contributed by atoms with Crippen LogP contribution in [0.4, 0.5) is 5.82 Å². The lowest BCUT2D eigenvalue weighted by atomic mass is 10.0. The predicted molar refractivity (Wildman–Crippen MR) is 84.5 cm³/mol. The normalized spacial score (nSPS) is 17.5.